The third-order valence-corrected chi connectivity index (χ3v) is 3.03. The van der Waals surface area contributed by atoms with Crippen molar-refractivity contribution in [3.05, 3.63) is 30.3 Å². The van der Waals surface area contributed by atoms with Crippen LogP contribution in [0.4, 0.5) is 0 Å². The molecule has 16 heavy (non-hydrogen) atoms. The smallest absolute Gasteiger partial charge is 0.130 e. The molecule has 0 radical (unpaired) electrons. The van der Waals surface area contributed by atoms with Gasteiger partial charge < -0.3 is 14.6 Å². The van der Waals surface area contributed by atoms with E-state index in [9.17, 15) is 5.11 Å². The van der Waals surface area contributed by atoms with E-state index in [0.717, 1.165) is 5.75 Å². The van der Waals surface area contributed by atoms with Gasteiger partial charge in [0.05, 0.1) is 6.10 Å². The van der Waals surface area contributed by atoms with Crippen molar-refractivity contribution < 1.29 is 14.6 Å². The summed E-state index contributed by atoms with van der Waals surface area (Å²) in [6.45, 7) is 1.83. The van der Waals surface area contributed by atoms with Crippen molar-refractivity contribution in [2.45, 2.75) is 37.1 Å². The summed E-state index contributed by atoms with van der Waals surface area (Å²) in [5.74, 6) is 0.765. The summed E-state index contributed by atoms with van der Waals surface area (Å²) in [6.07, 6.45) is -0.522. The maximum Gasteiger partial charge on any atom is 0.130 e. The van der Waals surface area contributed by atoms with Crippen LogP contribution in [0.5, 0.6) is 5.75 Å². The Labute approximate surface area is 101 Å². The fraction of sp³-hybridized carbons (Fsp3) is 0.500. The summed E-state index contributed by atoms with van der Waals surface area (Å²) in [6, 6.07) is 9.49. The van der Waals surface area contributed by atoms with Crippen molar-refractivity contribution in [1.29, 1.82) is 0 Å². The highest BCUT2D eigenvalue weighted by molar-refractivity contribution is 7.80. The topological polar surface area (TPSA) is 38.7 Å². The number of ether oxygens (including phenoxy) is 2. The van der Waals surface area contributed by atoms with Crippen LogP contribution in [0.15, 0.2) is 30.3 Å². The van der Waals surface area contributed by atoms with Crippen molar-refractivity contribution in [3.8, 4) is 5.75 Å². The first kappa shape index (κ1) is 11.8. The zero-order valence-corrected chi connectivity index (χ0v) is 10.0. The summed E-state index contributed by atoms with van der Waals surface area (Å²) in [7, 11) is 0. The number of aliphatic hydroxyl groups is 1. The van der Waals surface area contributed by atoms with Gasteiger partial charge in [-0.2, -0.15) is 0 Å². The molecule has 4 atom stereocenters. The molecule has 1 aliphatic heterocycles. The summed E-state index contributed by atoms with van der Waals surface area (Å²) in [4.78, 5) is 0. The second-order valence-electron chi connectivity index (χ2n) is 3.99. The lowest BCUT2D eigenvalue weighted by Gasteiger charge is -2.36. The van der Waals surface area contributed by atoms with Crippen molar-refractivity contribution in [1.82, 2.24) is 0 Å². The third-order valence-electron chi connectivity index (χ3n) is 2.70. The molecule has 2 rings (SSSR count). The van der Waals surface area contributed by atoms with Gasteiger partial charge in [0.1, 0.15) is 23.4 Å². The Morgan fingerprint density at radius 3 is 2.75 bits per heavy atom. The summed E-state index contributed by atoms with van der Waals surface area (Å²) in [5, 5.41) is 9.93. The molecule has 0 amide bonds. The zero-order chi connectivity index (χ0) is 11.5. The fourth-order valence-electron chi connectivity index (χ4n) is 1.82. The molecule has 0 aromatic heterocycles. The van der Waals surface area contributed by atoms with E-state index >= 15 is 0 Å². The second kappa shape index (κ2) is 5.08. The van der Waals surface area contributed by atoms with E-state index in [2.05, 4.69) is 12.6 Å². The molecular formula is C12H16O3S. The van der Waals surface area contributed by atoms with E-state index in [1.807, 2.05) is 37.3 Å². The van der Waals surface area contributed by atoms with Crippen molar-refractivity contribution in [2.75, 3.05) is 0 Å². The van der Waals surface area contributed by atoms with Crippen LogP contribution in [0.25, 0.3) is 0 Å². The van der Waals surface area contributed by atoms with Crippen LogP contribution >= 0.6 is 12.6 Å². The number of aliphatic hydroxyl groups excluding tert-OH is 1. The Bertz CT molecular complexity index is 330. The van der Waals surface area contributed by atoms with Gasteiger partial charge in [0.15, 0.2) is 0 Å². The molecule has 3 nitrogen and oxygen atoms in total. The number of hydrogen-bond donors (Lipinski definition) is 2. The molecule has 88 valence electrons. The van der Waals surface area contributed by atoms with E-state index in [4.69, 9.17) is 9.47 Å². The van der Waals surface area contributed by atoms with Crippen molar-refractivity contribution in [3.63, 3.8) is 0 Å². The minimum atomic E-state index is -0.608. The van der Waals surface area contributed by atoms with E-state index in [1.54, 1.807) is 0 Å². The summed E-state index contributed by atoms with van der Waals surface area (Å²) >= 11 is 4.27. The molecular weight excluding hydrogens is 224 g/mol. The molecule has 1 aliphatic rings. The van der Waals surface area contributed by atoms with Crippen LogP contribution in [-0.2, 0) is 4.74 Å². The number of para-hydroxylation sites is 1. The molecule has 0 unspecified atom stereocenters. The van der Waals surface area contributed by atoms with Crippen molar-refractivity contribution in [2.24, 2.45) is 0 Å². The summed E-state index contributed by atoms with van der Waals surface area (Å²) < 4.78 is 11.1. The highest BCUT2D eigenvalue weighted by Crippen LogP contribution is 2.26. The molecule has 1 aromatic rings. The monoisotopic (exact) mass is 240 g/mol. The molecule has 1 heterocycles. The van der Waals surface area contributed by atoms with Gasteiger partial charge in [-0.15, -0.1) is 12.6 Å². The Balaban J connectivity index is 2.03. The SMILES string of the molecule is C[C@H]1O[C@@H](S)C[C@@H](Oc2ccccc2)[C@@H]1O. The Hall–Kier alpha value is -0.710. The molecule has 0 bridgehead atoms. The third kappa shape index (κ3) is 2.70. The molecule has 1 fully saturated rings. The highest BCUT2D eigenvalue weighted by atomic mass is 32.1. The molecule has 0 saturated carbocycles. The van der Waals surface area contributed by atoms with E-state index in [-0.39, 0.29) is 17.6 Å². The highest BCUT2D eigenvalue weighted by Gasteiger charge is 2.35. The molecule has 0 aliphatic carbocycles. The average molecular weight is 240 g/mol. The fourth-order valence-corrected chi connectivity index (χ4v) is 2.22. The lowest BCUT2D eigenvalue weighted by Crippen LogP contribution is -2.48. The standard InChI is InChI=1S/C12H16O3S/c1-8-12(13)10(7-11(16)14-8)15-9-5-3-2-4-6-9/h2-6,8,10-13,16H,7H2,1H3/t8-,10-,11+,12-/m1/s1. The number of thiol groups is 1. The predicted octanol–water partition coefficient (Wildman–Crippen LogP) is 1.86. The average Bonchev–Trinajstić information content (AvgIpc) is 2.27. The normalized spacial score (nSPS) is 34.7. The van der Waals surface area contributed by atoms with E-state index in [1.165, 1.54) is 0 Å². The zero-order valence-electron chi connectivity index (χ0n) is 9.11. The van der Waals surface area contributed by atoms with Gasteiger partial charge in [-0.05, 0) is 19.1 Å². The first-order valence-electron chi connectivity index (χ1n) is 5.40. The van der Waals surface area contributed by atoms with Gasteiger partial charge in [-0.25, -0.2) is 0 Å². The first-order chi connectivity index (χ1) is 7.66. The van der Waals surface area contributed by atoms with Gasteiger partial charge in [0.2, 0.25) is 0 Å². The Kier molecular flexibility index (Phi) is 3.74. The Morgan fingerprint density at radius 1 is 1.38 bits per heavy atom. The minimum Gasteiger partial charge on any atom is -0.487 e. The van der Waals surface area contributed by atoms with Gasteiger partial charge >= 0.3 is 0 Å². The minimum absolute atomic E-state index is 0.174. The predicted molar refractivity (Wildman–Crippen MR) is 64.8 cm³/mol. The Morgan fingerprint density at radius 2 is 2.06 bits per heavy atom. The first-order valence-corrected chi connectivity index (χ1v) is 5.92. The number of rotatable bonds is 2. The van der Waals surface area contributed by atoms with Crippen LogP contribution in [-0.4, -0.2) is 28.9 Å². The molecule has 1 N–H and O–H groups in total. The maximum absolute atomic E-state index is 9.93. The van der Waals surface area contributed by atoms with E-state index in [0.29, 0.717) is 6.42 Å². The largest absolute Gasteiger partial charge is 0.487 e. The van der Waals surface area contributed by atoms with Gasteiger partial charge in [0, 0.05) is 6.42 Å². The lowest BCUT2D eigenvalue weighted by atomic mass is 10.0. The number of hydrogen-bond acceptors (Lipinski definition) is 4. The maximum atomic E-state index is 9.93. The van der Waals surface area contributed by atoms with Crippen molar-refractivity contribution >= 4 is 12.6 Å². The van der Waals surface area contributed by atoms with Gasteiger partial charge in [0.25, 0.3) is 0 Å². The van der Waals surface area contributed by atoms with Crippen LogP contribution in [0.3, 0.4) is 0 Å². The molecule has 4 heteroatoms. The van der Waals surface area contributed by atoms with Crippen LogP contribution in [0.2, 0.25) is 0 Å². The van der Waals surface area contributed by atoms with Gasteiger partial charge in [-0.3, -0.25) is 0 Å². The van der Waals surface area contributed by atoms with Gasteiger partial charge in [-0.1, -0.05) is 18.2 Å². The summed E-state index contributed by atoms with van der Waals surface area (Å²) in [5.41, 5.74) is -0.174. The molecule has 1 saturated heterocycles. The van der Waals surface area contributed by atoms with Crippen LogP contribution < -0.4 is 4.74 Å². The quantitative estimate of drug-likeness (QED) is 0.775. The van der Waals surface area contributed by atoms with Crippen LogP contribution in [0.1, 0.15) is 13.3 Å². The second-order valence-corrected chi connectivity index (χ2v) is 4.57. The van der Waals surface area contributed by atoms with Crippen LogP contribution in [0, 0.1) is 0 Å². The molecule has 1 aromatic carbocycles. The lowest BCUT2D eigenvalue weighted by molar-refractivity contribution is -0.129. The number of benzene rings is 1. The van der Waals surface area contributed by atoms with E-state index < -0.39 is 6.10 Å². The molecule has 0 spiro atoms.